The highest BCUT2D eigenvalue weighted by Crippen LogP contribution is 2.39. The summed E-state index contributed by atoms with van der Waals surface area (Å²) in [5.74, 6) is 1.72. The van der Waals surface area contributed by atoms with Crippen LogP contribution >= 0.6 is 0 Å². The average molecular weight is 532 g/mol. The second kappa shape index (κ2) is 10.4. The number of amides is 2. The smallest absolute Gasteiger partial charge is 0.322 e. The first-order valence-electron chi connectivity index (χ1n) is 13.6. The molecule has 0 saturated heterocycles. The Morgan fingerprint density at radius 2 is 1.77 bits per heavy atom. The van der Waals surface area contributed by atoms with Crippen LogP contribution in [0, 0.1) is 20.8 Å². The maximum atomic E-state index is 14.3. The molecule has 1 N–H and O–H groups in total. The molecule has 3 heterocycles. The molecule has 6 rings (SSSR count). The number of urea groups is 1. The molecule has 1 aliphatic heterocycles. The van der Waals surface area contributed by atoms with Gasteiger partial charge in [-0.2, -0.15) is 5.10 Å². The molecule has 40 heavy (non-hydrogen) atoms. The molecule has 0 saturated carbocycles. The monoisotopic (exact) mass is 531 g/mol. The summed E-state index contributed by atoms with van der Waals surface area (Å²) in [6.45, 7) is 9.03. The lowest BCUT2D eigenvalue weighted by atomic mass is 10.0. The van der Waals surface area contributed by atoms with Crippen molar-refractivity contribution in [1.29, 1.82) is 0 Å². The third kappa shape index (κ3) is 4.43. The molecule has 0 fully saturated rings. The molecule has 7 heteroatoms. The molecule has 1 aliphatic rings. The zero-order chi connectivity index (χ0) is 27.8. The van der Waals surface area contributed by atoms with Gasteiger partial charge in [-0.05, 0) is 86.8 Å². The molecule has 2 amide bonds. The summed E-state index contributed by atoms with van der Waals surface area (Å²) in [6.07, 6.45) is 2.06. The number of benzene rings is 3. The number of carbonyl (C=O) groups is 1. The van der Waals surface area contributed by atoms with E-state index in [1.165, 1.54) is 0 Å². The topological polar surface area (TPSA) is 64.3 Å². The quantitative estimate of drug-likeness (QED) is 0.263. The van der Waals surface area contributed by atoms with E-state index < -0.39 is 0 Å². The molecule has 3 aromatic carbocycles. The number of para-hydroxylation sites is 1. The molecule has 0 aliphatic carbocycles. The number of hydrogen-bond acceptors (Lipinski definition) is 3. The van der Waals surface area contributed by atoms with Gasteiger partial charge in [0.1, 0.15) is 11.6 Å². The Kier molecular flexibility index (Phi) is 6.64. The van der Waals surface area contributed by atoms with Crippen molar-refractivity contribution < 1.29 is 9.53 Å². The standard InChI is InChI=1S/C33H33N5O2/c1-5-40-27-16-10-13-25(20-27)31-30-18-11-19-36(30)32-28(24(4)35-38(32)26-14-7-6-8-15-26)21-37(31)33(39)34-29-17-9-12-22(2)23(29)3/h6-20,31H,5,21H2,1-4H3,(H,34,39)/t31-/m0/s1. The van der Waals surface area contributed by atoms with Crippen LogP contribution in [-0.4, -0.2) is 31.9 Å². The molecular weight excluding hydrogens is 498 g/mol. The predicted octanol–water partition coefficient (Wildman–Crippen LogP) is 7.12. The molecule has 0 radical (unpaired) electrons. The van der Waals surface area contributed by atoms with Gasteiger partial charge in [-0.25, -0.2) is 9.48 Å². The van der Waals surface area contributed by atoms with Crippen molar-refractivity contribution in [1.82, 2.24) is 19.2 Å². The highest BCUT2D eigenvalue weighted by molar-refractivity contribution is 5.91. The van der Waals surface area contributed by atoms with Crippen molar-refractivity contribution in [3.63, 3.8) is 0 Å². The summed E-state index contributed by atoms with van der Waals surface area (Å²) in [4.78, 5) is 16.2. The number of ether oxygens (including phenoxy) is 1. The van der Waals surface area contributed by atoms with Crippen LogP contribution in [0.25, 0.3) is 11.5 Å². The lowest BCUT2D eigenvalue weighted by Gasteiger charge is -2.31. The highest BCUT2D eigenvalue weighted by atomic mass is 16.5. The van der Waals surface area contributed by atoms with Crippen LogP contribution in [-0.2, 0) is 6.54 Å². The minimum absolute atomic E-state index is 0.173. The summed E-state index contributed by atoms with van der Waals surface area (Å²) in [5, 5.41) is 8.16. The Morgan fingerprint density at radius 1 is 0.975 bits per heavy atom. The van der Waals surface area contributed by atoms with E-state index in [-0.39, 0.29) is 12.1 Å². The molecule has 0 bridgehead atoms. The maximum Gasteiger partial charge on any atom is 0.322 e. The number of nitrogens with zero attached hydrogens (tertiary/aromatic N) is 4. The number of rotatable bonds is 5. The van der Waals surface area contributed by atoms with Gasteiger partial charge < -0.3 is 19.5 Å². The lowest BCUT2D eigenvalue weighted by Crippen LogP contribution is -2.38. The van der Waals surface area contributed by atoms with Crippen LogP contribution in [0.4, 0.5) is 10.5 Å². The number of anilines is 1. The van der Waals surface area contributed by atoms with Crippen LogP contribution in [0.5, 0.6) is 5.75 Å². The van der Waals surface area contributed by atoms with E-state index >= 15 is 0 Å². The van der Waals surface area contributed by atoms with E-state index in [0.29, 0.717) is 13.2 Å². The second-order valence-electron chi connectivity index (χ2n) is 10.2. The number of aryl methyl sites for hydroxylation is 2. The van der Waals surface area contributed by atoms with Gasteiger partial charge in [-0.15, -0.1) is 0 Å². The zero-order valence-corrected chi connectivity index (χ0v) is 23.3. The number of nitrogens with one attached hydrogen (secondary N) is 1. The Labute approximate surface area is 234 Å². The average Bonchev–Trinajstić information content (AvgIpc) is 3.52. The predicted molar refractivity (Wildman–Crippen MR) is 158 cm³/mol. The molecule has 0 spiro atoms. The third-order valence-corrected chi connectivity index (χ3v) is 7.68. The van der Waals surface area contributed by atoms with Crippen molar-refractivity contribution in [2.45, 2.75) is 40.3 Å². The first-order valence-corrected chi connectivity index (χ1v) is 13.6. The van der Waals surface area contributed by atoms with E-state index in [0.717, 1.165) is 56.6 Å². The van der Waals surface area contributed by atoms with Gasteiger partial charge in [0.05, 0.1) is 36.3 Å². The van der Waals surface area contributed by atoms with Crippen molar-refractivity contribution >= 4 is 11.7 Å². The van der Waals surface area contributed by atoms with Crippen molar-refractivity contribution in [3.05, 3.63) is 125 Å². The Balaban J connectivity index is 1.54. The summed E-state index contributed by atoms with van der Waals surface area (Å²) in [7, 11) is 0. The normalized spacial score (nSPS) is 14.3. The third-order valence-electron chi connectivity index (χ3n) is 7.68. The molecule has 202 valence electrons. The van der Waals surface area contributed by atoms with Gasteiger partial charge in [-0.1, -0.05) is 42.5 Å². The van der Waals surface area contributed by atoms with E-state index in [1.54, 1.807) is 0 Å². The highest BCUT2D eigenvalue weighted by Gasteiger charge is 2.36. The number of hydrogen-bond donors (Lipinski definition) is 1. The van der Waals surface area contributed by atoms with Crippen LogP contribution in [0.1, 0.15) is 46.6 Å². The van der Waals surface area contributed by atoms with Crippen molar-refractivity contribution in [3.8, 4) is 17.3 Å². The summed E-state index contributed by atoms with van der Waals surface area (Å²) < 4.78 is 10.0. The van der Waals surface area contributed by atoms with Crippen LogP contribution in [0.2, 0.25) is 0 Å². The minimum atomic E-state index is -0.364. The maximum absolute atomic E-state index is 14.3. The largest absolute Gasteiger partial charge is 0.494 e. The van der Waals surface area contributed by atoms with Gasteiger partial charge in [0.15, 0.2) is 0 Å². The first-order chi connectivity index (χ1) is 19.5. The Hall–Kier alpha value is -4.78. The fourth-order valence-corrected chi connectivity index (χ4v) is 5.51. The van der Waals surface area contributed by atoms with Crippen molar-refractivity contribution in [2.75, 3.05) is 11.9 Å². The minimum Gasteiger partial charge on any atom is -0.494 e. The van der Waals surface area contributed by atoms with E-state index in [1.807, 2.05) is 85.0 Å². The Bertz CT molecular complexity index is 1680. The second-order valence-corrected chi connectivity index (χ2v) is 10.2. The molecule has 2 aromatic heterocycles. The zero-order valence-electron chi connectivity index (χ0n) is 23.3. The van der Waals surface area contributed by atoms with Gasteiger partial charge in [0, 0.05) is 17.4 Å². The van der Waals surface area contributed by atoms with Crippen molar-refractivity contribution in [2.24, 2.45) is 0 Å². The fourth-order valence-electron chi connectivity index (χ4n) is 5.51. The number of carbonyl (C=O) groups excluding carboxylic acids is 1. The van der Waals surface area contributed by atoms with Crippen LogP contribution in [0.15, 0.2) is 91.1 Å². The molecular formula is C33H33N5O2. The SMILES string of the molecule is CCOc1cccc([C@H]2c3cccn3-c3c(c(C)nn3-c3ccccc3)CN2C(=O)Nc2cccc(C)c2C)c1. The lowest BCUT2D eigenvalue weighted by molar-refractivity contribution is 0.194. The first kappa shape index (κ1) is 25.5. The van der Waals surface area contributed by atoms with Gasteiger partial charge >= 0.3 is 6.03 Å². The summed E-state index contributed by atoms with van der Waals surface area (Å²) >= 11 is 0. The summed E-state index contributed by atoms with van der Waals surface area (Å²) in [5.41, 5.74) is 7.79. The van der Waals surface area contributed by atoms with Crippen LogP contribution in [0.3, 0.4) is 0 Å². The fraction of sp³-hybridized carbons (Fsp3) is 0.212. The number of aromatic nitrogens is 3. The van der Waals surface area contributed by atoms with E-state index in [9.17, 15) is 4.79 Å². The van der Waals surface area contributed by atoms with Gasteiger partial charge in [0.25, 0.3) is 0 Å². The summed E-state index contributed by atoms with van der Waals surface area (Å²) in [6, 6.07) is 27.7. The van der Waals surface area contributed by atoms with E-state index in [4.69, 9.17) is 9.84 Å². The van der Waals surface area contributed by atoms with Gasteiger partial charge in [0.2, 0.25) is 0 Å². The molecule has 7 nitrogen and oxygen atoms in total. The molecule has 0 unspecified atom stereocenters. The van der Waals surface area contributed by atoms with E-state index in [2.05, 4.69) is 53.3 Å². The molecule has 1 atom stereocenters. The Morgan fingerprint density at radius 3 is 2.58 bits per heavy atom. The molecule has 5 aromatic rings. The van der Waals surface area contributed by atoms with Gasteiger partial charge in [-0.3, -0.25) is 0 Å². The van der Waals surface area contributed by atoms with Crippen LogP contribution < -0.4 is 10.1 Å². The number of fused-ring (bicyclic) bond motifs is 3.